The van der Waals surface area contributed by atoms with Crippen molar-refractivity contribution in [2.75, 3.05) is 21.3 Å². The molecule has 2 rings (SSSR count). The van der Waals surface area contributed by atoms with Crippen LogP contribution < -0.4 is 9.47 Å². The molecule has 0 saturated carbocycles. The molecule has 0 fully saturated rings. The van der Waals surface area contributed by atoms with E-state index in [-0.39, 0.29) is 6.42 Å². The van der Waals surface area contributed by atoms with Gasteiger partial charge in [0.1, 0.15) is 12.4 Å². The van der Waals surface area contributed by atoms with E-state index in [9.17, 15) is 4.79 Å². The molecule has 0 unspecified atom stereocenters. The predicted octanol–water partition coefficient (Wildman–Crippen LogP) is 2.45. The SMILES string of the molecule is COCc1nc2cc(OC)c(OC)cc2n1CCCCC(=O)O. The van der Waals surface area contributed by atoms with Crippen LogP contribution in [0.25, 0.3) is 11.0 Å². The second-order valence-electron chi connectivity index (χ2n) is 5.16. The van der Waals surface area contributed by atoms with Gasteiger partial charge in [0.2, 0.25) is 0 Å². The molecule has 23 heavy (non-hydrogen) atoms. The number of carboxylic acids is 1. The van der Waals surface area contributed by atoms with Crippen molar-refractivity contribution in [2.45, 2.75) is 32.4 Å². The van der Waals surface area contributed by atoms with Crippen molar-refractivity contribution >= 4 is 17.0 Å². The standard InChI is InChI=1S/C16H22N2O5/c1-21-10-15-17-11-8-13(22-2)14(23-3)9-12(11)18(15)7-5-4-6-16(19)20/h8-9H,4-7,10H2,1-3H3,(H,19,20). The zero-order chi connectivity index (χ0) is 16.8. The van der Waals surface area contributed by atoms with Crippen LogP contribution in [0.4, 0.5) is 0 Å². The van der Waals surface area contributed by atoms with E-state index in [1.165, 1.54) is 0 Å². The smallest absolute Gasteiger partial charge is 0.303 e. The lowest BCUT2D eigenvalue weighted by atomic mass is 10.2. The molecular formula is C16H22N2O5. The van der Waals surface area contributed by atoms with Crippen LogP contribution in [0.2, 0.25) is 0 Å². The molecule has 0 bridgehead atoms. The maximum Gasteiger partial charge on any atom is 0.303 e. The number of hydrogen-bond donors (Lipinski definition) is 1. The number of rotatable bonds is 9. The molecule has 2 aromatic rings. The average Bonchev–Trinajstić information content (AvgIpc) is 2.86. The number of hydrogen-bond acceptors (Lipinski definition) is 5. The lowest BCUT2D eigenvalue weighted by Crippen LogP contribution is -2.06. The molecule has 126 valence electrons. The predicted molar refractivity (Wildman–Crippen MR) is 85.0 cm³/mol. The van der Waals surface area contributed by atoms with E-state index in [0.29, 0.717) is 31.1 Å². The first kappa shape index (κ1) is 17.1. The van der Waals surface area contributed by atoms with Gasteiger partial charge in [-0.2, -0.15) is 0 Å². The van der Waals surface area contributed by atoms with Gasteiger partial charge in [-0.1, -0.05) is 0 Å². The van der Waals surface area contributed by atoms with E-state index in [2.05, 4.69) is 4.98 Å². The van der Waals surface area contributed by atoms with E-state index in [1.54, 1.807) is 21.3 Å². The fraction of sp³-hybridized carbons (Fsp3) is 0.500. The van der Waals surface area contributed by atoms with Crippen LogP contribution in [-0.4, -0.2) is 42.0 Å². The Labute approximate surface area is 134 Å². The van der Waals surface area contributed by atoms with Crippen molar-refractivity contribution in [3.8, 4) is 11.5 Å². The largest absolute Gasteiger partial charge is 0.493 e. The van der Waals surface area contributed by atoms with Gasteiger partial charge in [-0.3, -0.25) is 4.79 Å². The first-order valence-corrected chi connectivity index (χ1v) is 7.42. The van der Waals surface area contributed by atoms with E-state index in [0.717, 1.165) is 23.3 Å². The average molecular weight is 322 g/mol. The van der Waals surface area contributed by atoms with Crippen LogP contribution in [-0.2, 0) is 22.7 Å². The van der Waals surface area contributed by atoms with E-state index in [4.69, 9.17) is 19.3 Å². The highest BCUT2D eigenvalue weighted by Crippen LogP contribution is 2.32. The summed E-state index contributed by atoms with van der Waals surface area (Å²) >= 11 is 0. The monoisotopic (exact) mass is 322 g/mol. The van der Waals surface area contributed by atoms with Crippen LogP contribution in [0.15, 0.2) is 12.1 Å². The number of aryl methyl sites for hydroxylation is 1. The summed E-state index contributed by atoms with van der Waals surface area (Å²) in [5.74, 6) is 1.28. The Kier molecular flexibility index (Phi) is 5.81. The van der Waals surface area contributed by atoms with Crippen LogP contribution in [0.1, 0.15) is 25.1 Å². The van der Waals surface area contributed by atoms with Gasteiger partial charge in [0.25, 0.3) is 0 Å². The van der Waals surface area contributed by atoms with Crippen molar-refractivity contribution in [1.82, 2.24) is 9.55 Å². The third kappa shape index (κ3) is 3.92. The van der Waals surface area contributed by atoms with Crippen molar-refractivity contribution < 1.29 is 24.1 Å². The molecule has 0 saturated heterocycles. The highest BCUT2D eigenvalue weighted by atomic mass is 16.5. The van der Waals surface area contributed by atoms with Crippen molar-refractivity contribution in [3.05, 3.63) is 18.0 Å². The summed E-state index contributed by atoms with van der Waals surface area (Å²) in [5, 5.41) is 8.74. The number of unbranched alkanes of at least 4 members (excludes halogenated alkanes) is 1. The van der Waals surface area contributed by atoms with Gasteiger partial charge in [0.15, 0.2) is 11.5 Å². The Balaban J connectivity index is 2.34. The molecule has 0 radical (unpaired) electrons. The molecule has 1 aromatic heterocycles. The number of imidazole rings is 1. The van der Waals surface area contributed by atoms with Crippen molar-refractivity contribution in [3.63, 3.8) is 0 Å². The van der Waals surface area contributed by atoms with E-state index >= 15 is 0 Å². The van der Waals surface area contributed by atoms with Crippen LogP contribution in [0.5, 0.6) is 11.5 Å². The number of nitrogens with zero attached hydrogens (tertiary/aromatic N) is 2. The summed E-state index contributed by atoms with van der Waals surface area (Å²) in [5.41, 5.74) is 1.72. The van der Waals surface area contributed by atoms with E-state index < -0.39 is 5.97 Å². The summed E-state index contributed by atoms with van der Waals surface area (Å²) in [6.07, 6.45) is 1.54. The maximum atomic E-state index is 10.6. The van der Waals surface area contributed by atoms with E-state index in [1.807, 2.05) is 16.7 Å². The quantitative estimate of drug-likeness (QED) is 0.714. The Morgan fingerprint density at radius 1 is 1.17 bits per heavy atom. The molecule has 0 aliphatic rings. The summed E-state index contributed by atoms with van der Waals surface area (Å²) in [6.45, 7) is 1.07. The van der Waals surface area contributed by atoms with Crippen LogP contribution in [0, 0.1) is 0 Å². The number of fused-ring (bicyclic) bond motifs is 1. The molecule has 0 aliphatic heterocycles. The highest BCUT2D eigenvalue weighted by Gasteiger charge is 2.15. The minimum Gasteiger partial charge on any atom is -0.493 e. The number of carboxylic acid groups (broad SMARTS) is 1. The summed E-state index contributed by atoms with van der Waals surface area (Å²) in [7, 11) is 4.80. The van der Waals surface area contributed by atoms with Gasteiger partial charge >= 0.3 is 5.97 Å². The summed E-state index contributed by atoms with van der Waals surface area (Å²) < 4.78 is 17.9. The minimum atomic E-state index is -0.774. The third-order valence-corrected chi connectivity index (χ3v) is 3.63. The Hall–Kier alpha value is -2.28. The highest BCUT2D eigenvalue weighted by molar-refractivity contribution is 5.80. The van der Waals surface area contributed by atoms with Crippen LogP contribution >= 0.6 is 0 Å². The van der Waals surface area contributed by atoms with Crippen molar-refractivity contribution in [1.29, 1.82) is 0 Å². The molecule has 0 aliphatic carbocycles. The zero-order valence-corrected chi connectivity index (χ0v) is 13.7. The van der Waals surface area contributed by atoms with Crippen LogP contribution in [0.3, 0.4) is 0 Å². The number of methoxy groups -OCH3 is 3. The lowest BCUT2D eigenvalue weighted by molar-refractivity contribution is -0.137. The molecule has 7 nitrogen and oxygen atoms in total. The molecule has 1 N–H and O–H groups in total. The lowest BCUT2D eigenvalue weighted by Gasteiger charge is -2.10. The minimum absolute atomic E-state index is 0.170. The molecule has 1 aromatic carbocycles. The Morgan fingerprint density at radius 3 is 2.48 bits per heavy atom. The third-order valence-electron chi connectivity index (χ3n) is 3.63. The first-order valence-electron chi connectivity index (χ1n) is 7.42. The first-order chi connectivity index (χ1) is 11.1. The van der Waals surface area contributed by atoms with Gasteiger partial charge < -0.3 is 23.9 Å². The van der Waals surface area contributed by atoms with Gasteiger partial charge in [0.05, 0.1) is 25.3 Å². The molecule has 0 atom stereocenters. The van der Waals surface area contributed by atoms with Gasteiger partial charge in [0, 0.05) is 32.2 Å². The molecule has 0 amide bonds. The normalized spacial score (nSPS) is 10.9. The number of aliphatic carboxylic acids is 1. The fourth-order valence-electron chi connectivity index (χ4n) is 2.54. The topological polar surface area (TPSA) is 82.8 Å². The summed E-state index contributed by atoms with van der Waals surface area (Å²) in [6, 6.07) is 3.72. The second kappa shape index (κ2) is 7.82. The number of carbonyl (C=O) groups is 1. The molecule has 1 heterocycles. The number of benzene rings is 1. The Bertz CT molecular complexity index is 681. The van der Waals surface area contributed by atoms with Gasteiger partial charge in [-0.15, -0.1) is 0 Å². The Morgan fingerprint density at radius 2 is 1.87 bits per heavy atom. The second-order valence-corrected chi connectivity index (χ2v) is 5.16. The number of ether oxygens (including phenoxy) is 3. The summed E-state index contributed by atoms with van der Waals surface area (Å²) in [4.78, 5) is 15.2. The van der Waals surface area contributed by atoms with Crippen molar-refractivity contribution in [2.24, 2.45) is 0 Å². The zero-order valence-electron chi connectivity index (χ0n) is 13.7. The van der Waals surface area contributed by atoms with Gasteiger partial charge in [-0.05, 0) is 12.8 Å². The molecule has 0 spiro atoms. The number of aromatic nitrogens is 2. The van der Waals surface area contributed by atoms with Gasteiger partial charge in [-0.25, -0.2) is 4.98 Å². The molecule has 7 heteroatoms. The fourth-order valence-corrected chi connectivity index (χ4v) is 2.54. The molecular weight excluding hydrogens is 300 g/mol. The maximum absolute atomic E-state index is 10.6.